The van der Waals surface area contributed by atoms with Crippen molar-refractivity contribution in [1.29, 1.82) is 0 Å². The van der Waals surface area contributed by atoms with Crippen molar-refractivity contribution in [2.75, 3.05) is 16.9 Å². The highest BCUT2D eigenvalue weighted by Crippen LogP contribution is 2.33. The Balaban J connectivity index is 0.000000303. The Bertz CT molecular complexity index is 1850. The largest absolute Gasteiger partial charge is 0.508 e. The third-order valence-corrected chi connectivity index (χ3v) is 9.69. The van der Waals surface area contributed by atoms with E-state index < -0.39 is 17.4 Å². The number of phenols is 1. The Morgan fingerprint density at radius 1 is 0.981 bits per heavy atom. The number of hydrogen-bond acceptors (Lipinski definition) is 8. The molecule has 0 spiro atoms. The summed E-state index contributed by atoms with van der Waals surface area (Å²) in [5.74, 6) is -0.494. The molecule has 3 aromatic carbocycles. The predicted molar refractivity (Wildman–Crippen MR) is 214 cm³/mol. The van der Waals surface area contributed by atoms with E-state index in [0.29, 0.717) is 53.0 Å². The number of ether oxygens (including phenoxy) is 2. The summed E-state index contributed by atoms with van der Waals surface area (Å²) in [6.07, 6.45) is 2.49. The number of amides is 3. The maximum atomic E-state index is 13.0. The standard InChI is InChI=1S/C22H29Cl2N3O4.C19H23NO3/c1-5-7-10-31-20(29)14(3)13-22(4,6-2)21(30)25-18-12-19(28)27(26-18)17-11-15(23)8-9-16(17)24;1-5-17(23-18-9-6-12(2)10-14(18)4)19(22)20-15-8-7-13(3)16(21)11-15/h8-9,11,14H,5-7,10,12-13H2,1-4H3,(H,25,26,30);6-11,17,21H,5H2,1-4H3,(H,20,22). The molecule has 11 nitrogen and oxygen atoms in total. The number of halogens is 2. The van der Waals surface area contributed by atoms with E-state index in [9.17, 15) is 24.3 Å². The zero-order chi connectivity index (χ0) is 40.2. The molecular formula is C41H52Cl2N4O7. The van der Waals surface area contributed by atoms with Gasteiger partial charge in [0.05, 0.1) is 29.7 Å². The van der Waals surface area contributed by atoms with Crippen LogP contribution in [0, 0.1) is 32.1 Å². The summed E-state index contributed by atoms with van der Waals surface area (Å²) in [5.41, 5.74) is 3.01. The lowest BCUT2D eigenvalue weighted by Crippen LogP contribution is -2.43. The predicted octanol–water partition coefficient (Wildman–Crippen LogP) is 9.06. The highest BCUT2D eigenvalue weighted by molar-refractivity contribution is 6.36. The van der Waals surface area contributed by atoms with E-state index in [1.165, 1.54) is 12.1 Å². The number of hydrogen-bond donors (Lipinski definition) is 3. The van der Waals surface area contributed by atoms with Gasteiger partial charge in [-0.3, -0.25) is 19.2 Å². The molecule has 3 unspecified atom stereocenters. The smallest absolute Gasteiger partial charge is 0.308 e. The van der Waals surface area contributed by atoms with Crippen LogP contribution in [0.5, 0.6) is 11.5 Å². The monoisotopic (exact) mass is 782 g/mol. The van der Waals surface area contributed by atoms with Gasteiger partial charge in [0.2, 0.25) is 5.91 Å². The number of carbonyl (C=O) groups excluding carboxylic acids is 4. The normalized spacial score (nSPS) is 14.5. The van der Waals surface area contributed by atoms with Crippen LogP contribution in [0.1, 0.15) is 89.8 Å². The fraction of sp³-hybridized carbons (Fsp3) is 0.439. The zero-order valence-corrected chi connectivity index (χ0v) is 33.9. The number of esters is 1. The first kappa shape index (κ1) is 43.8. The Labute approximate surface area is 328 Å². The maximum Gasteiger partial charge on any atom is 0.308 e. The average molecular weight is 784 g/mol. The lowest BCUT2D eigenvalue weighted by atomic mass is 9.78. The zero-order valence-electron chi connectivity index (χ0n) is 32.3. The van der Waals surface area contributed by atoms with E-state index in [4.69, 9.17) is 32.7 Å². The van der Waals surface area contributed by atoms with Crippen molar-refractivity contribution in [3.05, 3.63) is 81.3 Å². The second-order valence-corrected chi connectivity index (χ2v) is 14.6. The van der Waals surface area contributed by atoms with Gasteiger partial charge in [-0.25, -0.2) is 0 Å². The molecule has 54 heavy (non-hydrogen) atoms. The van der Waals surface area contributed by atoms with Crippen LogP contribution in [-0.4, -0.2) is 47.3 Å². The fourth-order valence-corrected chi connectivity index (χ4v) is 5.91. The second-order valence-electron chi connectivity index (χ2n) is 13.8. The van der Waals surface area contributed by atoms with Crippen LogP contribution in [0.2, 0.25) is 10.0 Å². The van der Waals surface area contributed by atoms with Gasteiger partial charge < -0.3 is 25.2 Å². The number of nitrogens with zero attached hydrogens (tertiary/aromatic N) is 2. The molecule has 13 heteroatoms. The SMILES string of the molecule is CCC(Oc1ccc(C)cc1C)C(=O)Nc1ccc(C)c(O)c1.CCCCOC(=O)C(C)CC(C)(CC)C(=O)NC1=NN(c2cc(Cl)ccc2Cl)C(=O)C1. The van der Waals surface area contributed by atoms with Crippen molar-refractivity contribution in [2.24, 2.45) is 16.4 Å². The van der Waals surface area contributed by atoms with E-state index in [1.807, 2.05) is 52.8 Å². The minimum atomic E-state index is -0.824. The Morgan fingerprint density at radius 2 is 1.70 bits per heavy atom. The minimum Gasteiger partial charge on any atom is -0.508 e. The number of aryl methyl sites for hydroxylation is 3. The number of hydrazone groups is 1. The van der Waals surface area contributed by atoms with E-state index >= 15 is 0 Å². The molecule has 0 fully saturated rings. The number of rotatable bonds is 14. The molecule has 3 N–H and O–H groups in total. The number of amidine groups is 1. The van der Waals surface area contributed by atoms with Crippen molar-refractivity contribution in [1.82, 2.24) is 5.32 Å². The van der Waals surface area contributed by atoms with Crippen LogP contribution in [0.25, 0.3) is 0 Å². The summed E-state index contributed by atoms with van der Waals surface area (Å²) in [4.78, 5) is 50.1. The van der Waals surface area contributed by atoms with E-state index in [2.05, 4.69) is 15.7 Å². The van der Waals surface area contributed by atoms with E-state index in [1.54, 1.807) is 45.0 Å². The maximum absolute atomic E-state index is 13.0. The van der Waals surface area contributed by atoms with Gasteiger partial charge in [0.15, 0.2) is 6.10 Å². The number of nitrogens with one attached hydrogen (secondary N) is 2. The van der Waals surface area contributed by atoms with Crippen molar-refractivity contribution in [3.8, 4) is 11.5 Å². The molecule has 3 atom stereocenters. The van der Waals surface area contributed by atoms with Gasteiger partial charge in [-0.15, -0.1) is 0 Å². The van der Waals surface area contributed by atoms with E-state index in [-0.39, 0.29) is 41.7 Å². The lowest BCUT2D eigenvalue weighted by molar-refractivity contribution is -0.149. The Morgan fingerprint density at radius 3 is 2.33 bits per heavy atom. The van der Waals surface area contributed by atoms with Gasteiger partial charge >= 0.3 is 5.97 Å². The number of carbonyl (C=O) groups is 4. The number of benzene rings is 3. The number of unbranched alkanes of at least 4 members (excludes halogenated alkanes) is 1. The van der Waals surface area contributed by atoms with Crippen LogP contribution < -0.4 is 20.4 Å². The summed E-state index contributed by atoms with van der Waals surface area (Å²) in [6, 6.07) is 15.7. The molecule has 0 aromatic heterocycles. The molecule has 1 aliphatic rings. The number of phenolic OH excluding ortho intramolecular Hbond substituents is 1. The topological polar surface area (TPSA) is 147 Å². The molecule has 0 radical (unpaired) electrons. The first-order valence-corrected chi connectivity index (χ1v) is 18.9. The van der Waals surface area contributed by atoms with Crippen molar-refractivity contribution < 1.29 is 33.8 Å². The molecule has 4 rings (SSSR count). The molecule has 1 heterocycles. The fourth-order valence-electron chi connectivity index (χ4n) is 5.55. The molecule has 0 saturated carbocycles. The van der Waals surface area contributed by atoms with Crippen LogP contribution in [0.3, 0.4) is 0 Å². The van der Waals surface area contributed by atoms with Gasteiger partial charge in [0.1, 0.15) is 17.3 Å². The van der Waals surface area contributed by atoms with Crippen LogP contribution in [-0.2, 0) is 23.9 Å². The second kappa shape index (κ2) is 20.2. The highest BCUT2D eigenvalue weighted by atomic mass is 35.5. The van der Waals surface area contributed by atoms with E-state index in [0.717, 1.165) is 34.5 Å². The molecule has 3 aromatic rings. The number of aromatic hydroxyl groups is 1. The summed E-state index contributed by atoms with van der Waals surface area (Å²) in [5, 5.41) is 21.4. The molecular weight excluding hydrogens is 731 g/mol. The van der Waals surface area contributed by atoms with Gasteiger partial charge in [-0.2, -0.15) is 10.1 Å². The molecule has 3 amide bonds. The average Bonchev–Trinajstić information content (AvgIpc) is 3.49. The molecule has 1 aliphatic heterocycles. The Hall–Kier alpha value is -4.61. The molecule has 292 valence electrons. The number of anilines is 2. The highest BCUT2D eigenvalue weighted by Gasteiger charge is 2.37. The lowest BCUT2D eigenvalue weighted by Gasteiger charge is -2.29. The van der Waals surface area contributed by atoms with Crippen LogP contribution >= 0.6 is 23.2 Å². The van der Waals surface area contributed by atoms with Crippen LogP contribution in [0.4, 0.5) is 11.4 Å². The summed E-state index contributed by atoms with van der Waals surface area (Å²) < 4.78 is 11.1. The van der Waals surface area contributed by atoms with Crippen LogP contribution in [0.15, 0.2) is 59.7 Å². The third kappa shape index (κ3) is 12.2. The quantitative estimate of drug-likeness (QED) is 0.109. The van der Waals surface area contributed by atoms with Crippen molar-refractivity contribution in [2.45, 2.75) is 100 Å². The van der Waals surface area contributed by atoms with Gasteiger partial charge in [-0.05, 0) is 87.9 Å². The van der Waals surface area contributed by atoms with Gasteiger partial charge in [0.25, 0.3) is 11.8 Å². The third-order valence-electron chi connectivity index (χ3n) is 9.14. The first-order valence-electron chi connectivity index (χ1n) is 18.2. The summed E-state index contributed by atoms with van der Waals surface area (Å²) in [6.45, 7) is 15.5. The van der Waals surface area contributed by atoms with Gasteiger partial charge in [0, 0.05) is 22.2 Å². The summed E-state index contributed by atoms with van der Waals surface area (Å²) in [7, 11) is 0. The first-order chi connectivity index (χ1) is 25.5. The van der Waals surface area contributed by atoms with Crippen molar-refractivity contribution in [3.63, 3.8) is 0 Å². The minimum absolute atomic E-state index is 0.0665. The molecule has 0 saturated heterocycles. The van der Waals surface area contributed by atoms with Crippen molar-refractivity contribution >= 4 is 64.1 Å². The Kier molecular flexibility index (Phi) is 16.4. The van der Waals surface area contributed by atoms with Gasteiger partial charge in [-0.1, -0.05) is 88.0 Å². The molecule has 0 aliphatic carbocycles. The molecule has 0 bridgehead atoms. The summed E-state index contributed by atoms with van der Waals surface area (Å²) >= 11 is 12.2.